The molecule has 0 aliphatic carbocycles. The predicted octanol–water partition coefficient (Wildman–Crippen LogP) is 8.75. The molecule has 3 unspecified atom stereocenters. The molecule has 0 amide bonds. The van der Waals surface area contributed by atoms with Crippen molar-refractivity contribution in [1.29, 1.82) is 0 Å². The second-order valence-corrected chi connectivity index (χ2v) is 17.8. The molecular weight excluding hydrogens is 572 g/mol. The highest BCUT2D eigenvalue weighted by Gasteiger charge is 2.46. The van der Waals surface area contributed by atoms with E-state index in [2.05, 4.69) is 0 Å². The van der Waals surface area contributed by atoms with Crippen LogP contribution >= 0.6 is 0 Å². The maximum atomic E-state index is 14.5. The fourth-order valence-corrected chi connectivity index (χ4v) is 6.29. The summed E-state index contributed by atoms with van der Waals surface area (Å²) in [5, 5.41) is 22.5. The number of rotatable bonds is 10. The molecule has 3 atom stereocenters. The van der Waals surface area contributed by atoms with Gasteiger partial charge in [0.2, 0.25) is 0 Å². The average Bonchev–Trinajstić information content (AvgIpc) is 2.89. The number of carbonyl (C=O) groups is 2. The Morgan fingerprint density at radius 3 is 1.22 bits per heavy atom. The van der Waals surface area contributed by atoms with E-state index in [4.69, 9.17) is 11.5 Å². The van der Waals surface area contributed by atoms with Crippen molar-refractivity contribution in [3.05, 3.63) is 57.6 Å². The number of hydrogen-bond acceptors (Lipinski definition) is 6. The smallest absolute Gasteiger partial charge is 0.174 e. The van der Waals surface area contributed by atoms with Crippen LogP contribution in [0, 0.1) is 5.92 Å². The lowest BCUT2D eigenvalue weighted by molar-refractivity contribution is -0.135. The van der Waals surface area contributed by atoms with Crippen LogP contribution in [0.5, 0.6) is 11.5 Å². The molecule has 0 aliphatic rings. The van der Waals surface area contributed by atoms with E-state index < -0.39 is 29.2 Å². The van der Waals surface area contributed by atoms with E-state index in [1.165, 1.54) is 0 Å². The van der Waals surface area contributed by atoms with Crippen LogP contribution in [0.4, 0.5) is 0 Å². The summed E-state index contributed by atoms with van der Waals surface area (Å²) in [6.45, 7) is 30.1. The van der Waals surface area contributed by atoms with Crippen molar-refractivity contribution in [2.75, 3.05) is 0 Å². The van der Waals surface area contributed by atoms with E-state index in [1.807, 2.05) is 121 Å². The van der Waals surface area contributed by atoms with Gasteiger partial charge in [0.25, 0.3) is 0 Å². The number of hydrogen-bond donors (Lipinski definition) is 4. The van der Waals surface area contributed by atoms with Gasteiger partial charge in [0, 0.05) is 11.8 Å². The molecule has 2 aromatic rings. The minimum atomic E-state index is -1.92. The third kappa shape index (κ3) is 8.41. The fourth-order valence-electron chi connectivity index (χ4n) is 6.29. The minimum absolute atomic E-state index is 0.180. The number of benzene rings is 2. The van der Waals surface area contributed by atoms with E-state index in [1.54, 1.807) is 6.92 Å². The quantitative estimate of drug-likeness (QED) is 0.193. The van der Waals surface area contributed by atoms with Crippen molar-refractivity contribution >= 4 is 11.6 Å². The number of unbranched alkanes of at least 4 members (excludes halogenated alkanes) is 1. The molecule has 0 bridgehead atoms. The summed E-state index contributed by atoms with van der Waals surface area (Å²) in [6.07, 6.45) is 1.90. The van der Waals surface area contributed by atoms with Crippen LogP contribution < -0.4 is 11.5 Å². The molecule has 258 valence electrons. The number of nitrogens with two attached hydrogens (primary N) is 2. The Bertz CT molecular complexity index is 1360. The Kier molecular flexibility index (Phi) is 11.5. The highest BCUT2D eigenvalue weighted by molar-refractivity contribution is 6.00. The second kappa shape index (κ2) is 13.4. The van der Waals surface area contributed by atoms with Gasteiger partial charge >= 0.3 is 0 Å². The molecule has 2 aromatic carbocycles. The standard InChI is InChI=1S/C40H64N2O4/c1-16-17-18-27(32(43)23(2)25-19-28(36(4,5)6)33(44)29(20-25)37(7,8)9)40(41,42)35(46)24(3)26-21-30(38(10,11)12)34(45)31(22-26)39(13,14)15/h19-24,27,44-45H,16-18,41-42H2,1-15H3. The predicted molar refractivity (Wildman–Crippen MR) is 192 cm³/mol. The first-order valence-electron chi connectivity index (χ1n) is 17.0. The number of Topliss-reactive ketones (excluding diaryl/α,β-unsaturated/α-hetero) is 2. The topological polar surface area (TPSA) is 127 Å². The van der Waals surface area contributed by atoms with Gasteiger partial charge in [-0.15, -0.1) is 0 Å². The van der Waals surface area contributed by atoms with Gasteiger partial charge in [0.1, 0.15) is 22.9 Å². The first-order chi connectivity index (χ1) is 20.6. The summed E-state index contributed by atoms with van der Waals surface area (Å²) in [5.74, 6) is -2.33. The lowest BCUT2D eigenvalue weighted by Gasteiger charge is -2.36. The third-order valence-corrected chi connectivity index (χ3v) is 9.51. The SMILES string of the molecule is CCCCC(C(=O)C(C)c1cc(C(C)(C)C)c(O)c(C(C)(C)C)c1)C(N)(N)C(=O)C(C)c1cc(C(C)(C)C)c(O)c(C(C)(C)C)c1. The van der Waals surface area contributed by atoms with Crippen molar-refractivity contribution in [3.63, 3.8) is 0 Å². The van der Waals surface area contributed by atoms with E-state index in [0.29, 0.717) is 12.8 Å². The van der Waals surface area contributed by atoms with Crippen LogP contribution in [0.15, 0.2) is 24.3 Å². The summed E-state index contributed by atoms with van der Waals surface area (Å²) in [4.78, 5) is 28.8. The number of phenols is 2. The molecule has 6 N–H and O–H groups in total. The largest absolute Gasteiger partial charge is 0.507 e. The number of carbonyl (C=O) groups excluding carboxylic acids is 2. The number of phenolic OH excluding ortho intramolecular Hbond substituents is 2. The van der Waals surface area contributed by atoms with Crippen molar-refractivity contribution < 1.29 is 19.8 Å². The fraction of sp³-hybridized carbons (Fsp3) is 0.650. The molecule has 0 aliphatic heterocycles. The molecule has 6 heteroatoms. The van der Waals surface area contributed by atoms with Gasteiger partial charge in [0.05, 0.1) is 5.92 Å². The van der Waals surface area contributed by atoms with Gasteiger partial charge in [-0.05, 0) is 61.5 Å². The van der Waals surface area contributed by atoms with Gasteiger partial charge in [-0.25, -0.2) is 0 Å². The number of aromatic hydroxyl groups is 2. The lowest BCUT2D eigenvalue weighted by atomic mass is 9.71. The molecule has 0 spiro atoms. The van der Waals surface area contributed by atoms with E-state index in [9.17, 15) is 19.8 Å². The molecular formula is C40H64N2O4. The zero-order valence-corrected chi connectivity index (χ0v) is 31.5. The van der Waals surface area contributed by atoms with Crippen LogP contribution in [0.1, 0.15) is 168 Å². The lowest BCUT2D eigenvalue weighted by Crippen LogP contribution is -2.65. The zero-order valence-electron chi connectivity index (χ0n) is 31.5. The molecule has 0 radical (unpaired) electrons. The average molecular weight is 637 g/mol. The summed E-state index contributed by atoms with van der Waals surface area (Å²) in [5.41, 5.74) is 14.8. The minimum Gasteiger partial charge on any atom is -0.507 e. The van der Waals surface area contributed by atoms with Crippen molar-refractivity contribution in [2.24, 2.45) is 17.4 Å². The van der Waals surface area contributed by atoms with Gasteiger partial charge in [-0.2, -0.15) is 0 Å². The summed E-state index contributed by atoms with van der Waals surface area (Å²) in [7, 11) is 0. The maximum Gasteiger partial charge on any atom is 0.174 e. The summed E-state index contributed by atoms with van der Waals surface area (Å²) in [6, 6.07) is 7.60. The summed E-state index contributed by atoms with van der Waals surface area (Å²) >= 11 is 0. The highest BCUT2D eigenvalue weighted by atomic mass is 16.3. The van der Waals surface area contributed by atoms with Crippen molar-refractivity contribution in [3.8, 4) is 11.5 Å². The Morgan fingerprint density at radius 1 is 0.630 bits per heavy atom. The zero-order chi connectivity index (χ0) is 36.0. The Labute approximate surface area is 279 Å². The van der Waals surface area contributed by atoms with E-state index >= 15 is 0 Å². The molecule has 0 saturated carbocycles. The summed E-state index contributed by atoms with van der Waals surface area (Å²) < 4.78 is 0. The van der Waals surface area contributed by atoms with Gasteiger partial charge < -0.3 is 21.7 Å². The van der Waals surface area contributed by atoms with Crippen LogP contribution in [-0.2, 0) is 31.2 Å². The van der Waals surface area contributed by atoms with Crippen LogP contribution in [0.3, 0.4) is 0 Å². The Morgan fingerprint density at radius 2 is 0.935 bits per heavy atom. The Balaban J connectivity index is 2.69. The normalized spacial score (nSPS) is 15.4. The molecule has 6 nitrogen and oxygen atoms in total. The van der Waals surface area contributed by atoms with E-state index in [0.717, 1.165) is 39.8 Å². The van der Waals surface area contributed by atoms with Crippen LogP contribution in [-0.4, -0.2) is 27.4 Å². The monoisotopic (exact) mass is 636 g/mol. The molecule has 46 heavy (non-hydrogen) atoms. The number of ketones is 2. The van der Waals surface area contributed by atoms with Crippen molar-refractivity contribution in [2.45, 2.75) is 162 Å². The maximum absolute atomic E-state index is 14.5. The highest BCUT2D eigenvalue weighted by Crippen LogP contribution is 2.44. The third-order valence-electron chi connectivity index (χ3n) is 9.51. The van der Waals surface area contributed by atoms with Crippen LogP contribution in [0.25, 0.3) is 0 Å². The Hall–Kier alpha value is -2.70. The molecule has 0 saturated heterocycles. The van der Waals surface area contributed by atoms with Crippen LogP contribution in [0.2, 0.25) is 0 Å². The van der Waals surface area contributed by atoms with Gasteiger partial charge in [-0.1, -0.05) is 141 Å². The first-order valence-corrected chi connectivity index (χ1v) is 17.0. The molecule has 0 fully saturated rings. The van der Waals surface area contributed by atoms with E-state index in [-0.39, 0.29) is 38.9 Å². The molecule has 0 heterocycles. The second-order valence-electron chi connectivity index (χ2n) is 17.8. The van der Waals surface area contributed by atoms with Gasteiger partial charge in [0.15, 0.2) is 5.78 Å². The molecule has 0 aromatic heterocycles. The van der Waals surface area contributed by atoms with Crippen molar-refractivity contribution in [1.82, 2.24) is 0 Å². The molecule has 2 rings (SSSR count). The first kappa shape index (κ1) is 39.5. The van der Waals surface area contributed by atoms with Gasteiger partial charge in [-0.3, -0.25) is 9.59 Å².